The second-order valence-electron chi connectivity index (χ2n) is 5.17. The lowest BCUT2D eigenvalue weighted by atomic mass is 9.81. The molecule has 0 aromatic heterocycles. The van der Waals surface area contributed by atoms with Crippen molar-refractivity contribution in [2.24, 2.45) is 11.8 Å². The average Bonchev–Trinajstić information content (AvgIpc) is 2.63. The molecule has 1 N–H and O–H groups in total. The number of imide groups is 1. The van der Waals surface area contributed by atoms with Gasteiger partial charge in [-0.3, -0.25) is 19.3 Å². The summed E-state index contributed by atoms with van der Waals surface area (Å²) < 4.78 is 0. The average molecular weight is 275 g/mol. The topological polar surface area (TPSA) is 74.7 Å². The highest BCUT2D eigenvalue weighted by Crippen LogP contribution is 2.37. The second-order valence-corrected chi connectivity index (χ2v) is 5.17. The highest BCUT2D eigenvalue weighted by molar-refractivity contribution is 6.07. The van der Waals surface area contributed by atoms with Crippen molar-refractivity contribution in [3.05, 3.63) is 35.9 Å². The van der Waals surface area contributed by atoms with Crippen LogP contribution >= 0.6 is 0 Å². The van der Waals surface area contributed by atoms with Gasteiger partial charge in [0.25, 0.3) is 0 Å². The smallest absolute Gasteiger partial charge is 0.323 e. The van der Waals surface area contributed by atoms with E-state index in [1.54, 1.807) is 6.92 Å². The summed E-state index contributed by atoms with van der Waals surface area (Å²) in [6.45, 7) is 3.03. The molecule has 3 unspecified atom stereocenters. The minimum atomic E-state index is -1.17. The number of amides is 2. The number of carboxylic acids is 1. The van der Waals surface area contributed by atoms with Crippen LogP contribution in [-0.4, -0.2) is 34.3 Å². The Morgan fingerprint density at radius 1 is 1.25 bits per heavy atom. The Balaban J connectivity index is 2.26. The third kappa shape index (κ3) is 2.43. The zero-order chi connectivity index (χ0) is 14.9. The fraction of sp³-hybridized carbons (Fsp3) is 0.400. The number of carbonyl (C=O) groups is 3. The van der Waals surface area contributed by atoms with E-state index in [1.165, 1.54) is 0 Å². The van der Waals surface area contributed by atoms with E-state index in [1.807, 2.05) is 37.3 Å². The van der Waals surface area contributed by atoms with Gasteiger partial charge >= 0.3 is 5.97 Å². The fourth-order valence-electron chi connectivity index (χ4n) is 2.80. The Labute approximate surface area is 117 Å². The molecule has 0 spiro atoms. The van der Waals surface area contributed by atoms with Gasteiger partial charge in [-0.1, -0.05) is 44.2 Å². The molecule has 1 heterocycles. The summed E-state index contributed by atoms with van der Waals surface area (Å²) in [7, 11) is 0. The van der Waals surface area contributed by atoms with Gasteiger partial charge in [0.05, 0.1) is 5.92 Å². The predicted octanol–water partition coefficient (Wildman–Crippen LogP) is 1.50. The predicted molar refractivity (Wildman–Crippen MR) is 71.9 cm³/mol. The SMILES string of the molecule is CC1C(=O)N(CC(=O)O)C(=O)C1C(C)c1ccccc1. The Kier molecular flexibility index (Phi) is 3.88. The minimum Gasteiger partial charge on any atom is -0.480 e. The van der Waals surface area contributed by atoms with E-state index in [4.69, 9.17) is 5.11 Å². The Morgan fingerprint density at radius 2 is 1.85 bits per heavy atom. The van der Waals surface area contributed by atoms with Crippen molar-refractivity contribution in [3.8, 4) is 0 Å². The summed E-state index contributed by atoms with van der Waals surface area (Å²) in [5.41, 5.74) is 0.975. The van der Waals surface area contributed by atoms with E-state index < -0.39 is 30.3 Å². The maximum Gasteiger partial charge on any atom is 0.323 e. The first-order valence-corrected chi connectivity index (χ1v) is 6.55. The minimum absolute atomic E-state index is 0.124. The summed E-state index contributed by atoms with van der Waals surface area (Å²) in [5.74, 6) is -3.07. The van der Waals surface area contributed by atoms with Crippen LogP contribution in [0, 0.1) is 11.8 Å². The molecule has 3 atom stereocenters. The molecule has 106 valence electrons. The third-order valence-electron chi connectivity index (χ3n) is 3.90. The molecule has 2 amide bonds. The highest BCUT2D eigenvalue weighted by Gasteiger charge is 2.48. The fourth-order valence-corrected chi connectivity index (χ4v) is 2.80. The molecule has 1 saturated heterocycles. The molecule has 5 heteroatoms. The monoisotopic (exact) mass is 275 g/mol. The molecule has 0 radical (unpaired) electrons. The first-order valence-electron chi connectivity index (χ1n) is 6.55. The Bertz CT molecular complexity index is 540. The molecule has 0 aliphatic carbocycles. The summed E-state index contributed by atoms with van der Waals surface area (Å²) >= 11 is 0. The Morgan fingerprint density at radius 3 is 2.40 bits per heavy atom. The van der Waals surface area contributed by atoms with E-state index in [0.717, 1.165) is 10.5 Å². The summed E-state index contributed by atoms with van der Waals surface area (Å²) in [6.07, 6.45) is 0. The lowest BCUT2D eigenvalue weighted by molar-refractivity contribution is -0.149. The largest absolute Gasteiger partial charge is 0.480 e. The van der Waals surface area contributed by atoms with E-state index in [9.17, 15) is 14.4 Å². The second kappa shape index (κ2) is 5.45. The molecular weight excluding hydrogens is 258 g/mol. The molecule has 5 nitrogen and oxygen atoms in total. The maximum absolute atomic E-state index is 12.3. The van der Waals surface area contributed by atoms with E-state index in [2.05, 4.69) is 0 Å². The standard InChI is InChI=1S/C15H17NO4/c1-9(11-6-4-3-5-7-11)13-10(2)14(19)16(15(13)20)8-12(17)18/h3-7,9-10,13H,8H2,1-2H3,(H,17,18). The molecule has 0 saturated carbocycles. The van der Waals surface area contributed by atoms with Gasteiger partial charge in [-0.15, -0.1) is 0 Å². The molecule has 1 aromatic rings. The lowest BCUT2D eigenvalue weighted by Gasteiger charge is -2.20. The quantitative estimate of drug-likeness (QED) is 0.845. The van der Waals surface area contributed by atoms with Gasteiger partial charge in [0, 0.05) is 5.92 Å². The number of carboxylic acid groups (broad SMARTS) is 1. The van der Waals surface area contributed by atoms with Crippen LogP contribution in [0.4, 0.5) is 0 Å². The molecular formula is C15H17NO4. The maximum atomic E-state index is 12.3. The van der Waals surface area contributed by atoms with Crippen molar-refractivity contribution >= 4 is 17.8 Å². The van der Waals surface area contributed by atoms with Crippen molar-refractivity contribution in [2.45, 2.75) is 19.8 Å². The number of carbonyl (C=O) groups excluding carboxylic acids is 2. The summed E-state index contributed by atoms with van der Waals surface area (Å²) in [6, 6.07) is 9.47. The first-order chi connectivity index (χ1) is 9.43. The van der Waals surface area contributed by atoms with Crippen LogP contribution in [0.2, 0.25) is 0 Å². The lowest BCUT2D eigenvalue weighted by Crippen LogP contribution is -2.36. The molecule has 1 aliphatic rings. The van der Waals surface area contributed by atoms with Crippen molar-refractivity contribution in [1.29, 1.82) is 0 Å². The van der Waals surface area contributed by atoms with Crippen molar-refractivity contribution in [1.82, 2.24) is 4.90 Å². The van der Waals surface area contributed by atoms with E-state index in [0.29, 0.717) is 0 Å². The van der Waals surface area contributed by atoms with Crippen LogP contribution in [0.1, 0.15) is 25.3 Å². The van der Waals surface area contributed by atoms with Crippen LogP contribution < -0.4 is 0 Å². The normalized spacial score (nSPS) is 24.0. The van der Waals surface area contributed by atoms with Crippen molar-refractivity contribution in [3.63, 3.8) is 0 Å². The Hall–Kier alpha value is -2.17. The van der Waals surface area contributed by atoms with Gasteiger partial charge in [0.2, 0.25) is 11.8 Å². The zero-order valence-corrected chi connectivity index (χ0v) is 11.4. The molecule has 2 rings (SSSR count). The number of hydrogen-bond donors (Lipinski definition) is 1. The van der Waals surface area contributed by atoms with Gasteiger partial charge in [-0.25, -0.2) is 0 Å². The van der Waals surface area contributed by atoms with Crippen LogP contribution in [0.25, 0.3) is 0 Å². The number of benzene rings is 1. The van der Waals surface area contributed by atoms with Crippen LogP contribution in [-0.2, 0) is 14.4 Å². The molecule has 1 fully saturated rings. The van der Waals surface area contributed by atoms with Crippen LogP contribution in [0.15, 0.2) is 30.3 Å². The van der Waals surface area contributed by atoms with Crippen molar-refractivity contribution < 1.29 is 19.5 Å². The number of aliphatic carboxylic acids is 1. The molecule has 0 bridgehead atoms. The van der Waals surface area contributed by atoms with E-state index >= 15 is 0 Å². The van der Waals surface area contributed by atoms with Gasteiger partial charge in [0.15, 0.2) is 0 Å². The van der Waals surface area contributed by atoms with E-state index in [-0.39, 0.29) is 11.8 Å². The van der Waals surface area contributed by atoms with Crippen LogP contribution in [0.5, 0.6) is 0 Å². The van der Waals surface area contributed by atoms with Gasteiger partial charge in [0.1, 0.15) is 6.54 Å². The number of rotatable bonds is 4. The number of hydrogen-bond acceptors (Lipinski definition) is 3. The third-order valence-corrected chi connectivity index (χ3v) is 3.90. The molecule has 1 aromatic carbocycles. The molecule has 20 heavy (non-hydrogen) atoms. The zero-order valence-electron chi connectivity index (χ0n) is 11.4. The van der Waals surface area contributed by atoms with Gasteiger partial charge in [-0.2, -0.15) is 0 Å². The van der Waals surface area contributed by atoms with Gasteiger partial charge in [-0.05, 0) is 11.5 Å². The summed E-state index contributed by atoms with van der Waals surface area (Å²) in [4.78, 5) is 36.0. The van der Waals surface area contributed by atoms with Crippen LogP contribution in [0.3, 0.4) is 0 Å². The number of nitrogens with zero attached hydrogens (tertiary/aromatic N) is 1. The first kappa shape index (κ1) is 14.2. The van der Waals surface area contributed by atoms with Crippen molar-refractivity contribution in [2.75, 3.05) is 6.54 Å². The number of likely N-dealkylation sites (tertiary alicyclic amines) is 1. The van der Waals surface area contributed by atoms with Gasteiger partial charge < -0.3 is 5.11 Å². The molecule has 1 aliphatic heterocycles. The summed E-state index contributed by atoms with van der Waals surface area (Å²) in [5, 5.41) is 8.79. The highest BCUT2D eigenvalue weighted by atomic mass is 16.4.